The van der Waals surface area contributed by atoms with Crippen LogP contribution in [0, 0.1) is 0 Å². The third-order valence-electron chi connectivity index (χ3n) is 3.59. The van der Waals surface area contributed by atoms with Gasteiger partial charge in [0, 0.05) is 18.7 Å². The number of nitrogens with two attached hydrogens (primary N) is 1. The van der Waals surface area contributed by atoms with E-state index in [0.29, 0.717) is 0 Å². The minimum absolute atomic E-state index is 0.0490. The van der Waals surface area contributed by atoms with Gasteiger partial charge < -0.3 is 19.9 Å². The molecular weight excluding hydrogens is 242 g/mol. The Bertz CT molecular complexity index is 380. The molecule has 0 radical (unpaired) electrons. The molecule has 0 spiro atoms. The first-order chi connectivity index (χ1) is 9.22. The second kappa shape index (κ2) is 6.78. The van der Waals surface area contributed by atoms with E-state index in [1.54, 1.807) is 14.2 Å². The Morgan fingerprint density at radius 3 is 2.42 bits per heavy atom. The number of ether oxygens (including phenoxy) is 3. The minimum Gasteiger partial charge on any atom is -0.497 e. The molecule has 1 saturated heterocycles. The summed E-state index contributed by atoms with van der Waals surface area (Å²) in [6, 6.07) is 5.74. The van der Waals surface area contributed by atoms with Gasteiger partial charge in [-0.2, -0.15) is 0 Å². The molecule has 19 heavy (non-hydrogen) atoms. The highest BCUT2D eigenvalue weighted by molar-refractivity contribution is 5.39. The van der Waals surface area contributed by atoms with Gasteiger partial charge in [0.05, 0.1) is 20.3 Å². The van der Waals surface area contributed by atoms with Gasteiger partial charge in [0.25, 0.3) is 0 Å². The molecule has 2 rings (SSSR count). The van der Waals surface area contributed by atoms with Crippen LogP contribution in [0.15, 0.2) is 18.2 Å². The Labute approximate surface area is 114 Å². The average Bonchev–Trinajstić information content (AvgIpc) is 2.47. The molecule has 1 aliphatic heterocycles. The summed E-state index contributed by atoms with van der Waals surface area (Å²) in [6.45, 7) is 0.860. The number of rotatable bonds is 5. The highest BCUT2D eigenvalue weighted by atomic mass is 16.5. The Balaban J connectivity index is 2.06. The Kier molecular flexibility index (Phi) is 5.05. The van der Waals surface area contributed by atoms with E-state index in [9.17, 15) is 0 Å². The molecule has 0 aliphatic carbocycles. The second-order valence-corrected chi connectivity index (χ2v) is 4.98. The molecule has 1 heterocycles. The minimum atomic E-state index is -0.0490. The van der Waals surface area contributed by atoms with E-state index < -0.39 is 0 Å². The van der Waals surface area contributed by atoms with Crippen molar-refractivity contribution in [3.63, 3.8) is 0 Å². The molecule has 1 aliphatic rings. The summed E-state index contributed by atoms with van der Waals surface area (Å²) in [4.78, 5) is 0. The molecule has 0 aromatic heterocycles. The molecule has 0 saturated carbocycles. The van der Waals surface area contributed by atoms with Crippen molar-refractivity contribution in [1.29, 1.82) is 0 Å². The predicted molar refractivity (Wildman–Crippen MR) is 74.7 cm³/mol. The van der Waals surface area contributed by atoms with Crippen LogP contribution >= 0.6 is 0 Å². The van der Waals surface area contributed by atoms with Crippen molar-refractivity contribution in [2.24, 2.45) is 5.73 Å². The summed E-state index contributed by atoms with van der Waals surface area (Å²) >= 11 is 0. The van der Waals surface area contributed by atoms with Crippen LogP contribution in [0.2, 0.25) is 0 Å². The fraction of sp³-hybridized carbons (Fsp3) is 0.600. The average molecular weight is 265 g/mol. The van der Waals surface area contributed by atoms with Crippen LogP contribution in [0.5, 0.6) is 11.5 Å². The molecule has 0 bridgehead atoms. The second-order valence-electron chi connectivity index (χ2n) is 4.98. The predicted octanol–water partition coefficient (Wildman–Crippen LogP) is 2.66. The maximum Gasteiger partial charge on any atom is 0.122 e. The van der Waals surface area contributed by atoms with E-state index in [1.165, 1.54) is 12.8 Å². The first-order valence-electron chi connectivity index (χ1n) is 6.83. The molecule has 0 amide bonds. The molecule has 2 atom stereocenters. The van der Waals surface area contributed by atoms with Crippen LogP contribution < -0.4 is 15.2 Å². The zero-order chi connectivity index (χ0) is 13.7. The monoisotopic (exact) mass is 265 g/mol. The Hall–Kier alpha value is -1.26. The first kappa shape index (κ1) is 14.2. The summed E-state index contributed by atoms with van der Waals surface area (Å²) in [6.07, 6.45) is 4.63. The topological polar surface area (TPSA) is 53.7 Å². The van der Waals surface area contributed by atoms with E-state index in [0.717, 1.165) is 36.5 Å². The van der Waals surface area contributed by atoms with Crippen molar-refractivity contribution in [3.8, 4) is 11.5 Å². The van der Waals surface area contributed by atoms with E-state index in [2.05, 4.69) is 0 Å². The molecule has 2 unspecified atom stereocenters. The van der Waals surface area contributed by atoms with E-state index >= 15 is 0 Å². The van der Waals surface area contributed by atoms with Crippen molar-refractivity contribution in [2.45, 2.75) is 37.8 Å². The first-order valence-corrected chi connectivity index (χ1v) is 6.83. The lowest BCUT2D eigenvalue weighted by molar-refractivity contribution is 0.00727. The summed E-state index contributed by atoms with van der Waals surface area (Å²) in [5.74, 6) is 1.55. The molecule has 4 nitrogen and oxygen atoms in total. The van der Waals surface area contributed by atoms with E-state index in [4.69, 9.17) is 19.9 Å². The van der Waals surface area contributed by atoms with Gasteiger partial charge in [-0.15, -0.1) is 0 Å². The molecule has 1 fully saturated rings. The van der Waals surface area contributed by atoms with Crippen LogP contribution in [0.3, 0.4) is 0 Å². The fourth-order valence-corrected chi connectivity index (χ4v) is 2.46. The van der Waals surface area contributed by atoms with Gasteiger partial charge in [0.2, 0.25) is 0 Å². The molecule has 2 N–H and O–H groups in total. The van der Waals surface area contributed by atoms with Gasteiger partial charge in [-0.3, -0.25) is 0 Å². The quantitative estimate of drug-likeness (QED) is 0.889. The number of benzene rings is 1. The van der Waals surface area contributed by atoms with Crippen LogP contribution in [0.25, 0.3) is 0 Å². The largest absolute Gasteiger partial charge is 0.497 e. The van der Waals surface area contributed by atoms with Crippen LogP contribution in [-0.2, 0) is 4.74 Å². The number of hydrogen-bond donors (Lipinski definition) is 1. The third kappa shape index (κ3) is 3.85. The molecule has 1 aromatic rings. The van der Waals surface area contributed by atoms with Gasteiger partial charge in [0.1, 0.15) is 11.5 Å². The van der Waals surface area contributed by atoms with Crippen molar-refractivity contribution < 1.29 is 14.2 Å². The lowest BCUT2D eigenvalue weighted by Crippen LogP contribution is -2.24. The molecule has 4 heteroatoms. The fourth-order valence-electron chi connectivity index (χ4n) is 2.46. The number of hydrogen-bond acceptors (Lipinski definition) is 4. The van der Waals surface area contributed by atoms with Gasteiger partial charge >= 0.3 is 0 Å². The Morgan fingerprint density at radius 2 is 1.89 bits per heavy atom. The highest BCUT2D eigenvalue weighted by Gasteiger charge is 2.19. The van der Waals surface area contributed by atoms with Crippen LogP contribution in [0.4, 0.5) is 0 Å². The van der Waals surface area contributed by atoms with E-state index in [-0.39, 0.29) is 12.1 Å². The summed E-state index contributed by atoms with van der Waals surface area (Å²) in [5, 5.41) is 0. The normalized spacial score (nSPS) is 20.9. The van der Waals surface area contributed by atoms with Crippen LogP contribution in [-0.4, -0.2) is 26.9 Å². The number of methoxy groups -OCH3 is 2. The van der Waals surface area contributed by atoms with Gasteiger partial charge in [-0.25, -0.2) is 0 Å². The van der Waals surface area contributed by atoms with Crippen LogP contribution in [0.1, 0.15) is 37.3 Å². The smallest absolute Gasteiger partial charge is 0.122 e. The lowest BCUT2D eigenvalue weighted by Gasteiger charge is -2.25. The van der Waals surface area contributed by atoms with Gasteiger partial charge in [-0.05, 0) is 43.4 Å². The summed E-state index contributed by atoms with van der Waals surface area (Å²) in [7, 11) is 3.29. The van der Waals surface area contributed by atoms with Gasteiger partial charge in [-0.1, -0.05) is 0 Å². The summed E-state index contributed by atoms with van der Waals surface area (Å²) < 4.78 is 16.3. The zero-order valence-corrected chi connectivity index (χ0v) is 11.7. The molecular formula is C15H23NO3. The maximum absolute atomic E-state index is 6.28. The van der Waals surface area contributed by atoms with Crippen molar-refractivity contribution >= 4 is 0 Å². The van der Waals surface area contributed by atoms with E-state index in [1.807, 2.05) is 18.2 Å². The highest BCUT2D eigenvalue weighted by Crippen LogP contribution is 2.29. The third-order valence-corrected chi connectivity index (χ3v) is 3.59. The maximum atomic E-state index is 6.28. The zero-order valence-electron chi connectivity index (χ0n) is 11.7. The lowest BCUT2D eigenvalue weighted by atomic mass is 9.97. The molecule has 106 valence electrons. The van der Waals surface area contributed by atoms with Crippen molar-refractivity contribution in [1.82, 2.24) is 0 Å². The van der Waals surface area contributed by atoms with Crippen molar-refractivity contribution in [3.05, 3.63) is 23.8 Å². The molecule has 1 aromatic carbocycles. The van der Waals surface area contributed by atoms with Crippen molar-refractivity contribution in [2.75, 3.05) is 20.8 Å². The Morgan fingerprint density at radius 1 is 1.21 bits per heavy atom. The summed E-state index contributed by atoms with van der Waals surface area (Å²) in [5.41, 5.74) is 7.31. The SMILES string of the molecule is COc1cc(OC)cc(C(N)CC2CCCCO2)c1. The standard InChI is InChI=1S/C15H23NO3/c1-17-13-7-11(8-14(9-13)18-2)15(16)10-12-5-3-4-6-19-12/h7-9,12,15H,3-6,10,16H2,1-2H3. The van der Waals surface area contributed by atoms with Gasteiger partial charge in [0.15, 0.2) is 0 Å².